The number of aromatic nitrogens is 3. The van der Waals surface area contributed by atoms with Crippen LogP contribution in [-0.4, -0.2) is 59.0 Å². The van der Waals surface area contributed by atoms with Crippen LogP contribution in [0.2, 0.25) is 0 Å². The van der Waals surface area contributed by atoms with Gasteiger partial charge in [0.1, 0.15) is 5.65 Å². The molecule has 4 aromatic rings. The van der Waals surface area contributed by atoms with Gasteiger partial charge in [-0.25, -0.2) is 17.5 Å². The van der Waals surface area contributed by atoms with E-state index in [0.717, 1.165) is 15.4 Å². The molecule has 0 aliphatic carbocycles. The van der Waals surface area contributed by atoms with Crippen LogP contribution in [0.3, 0.4) is 0 Å². The summed E-state index contributed by atoms with van der Waals surface area (Å²) in [5, 5.41) is 7.49. The van der Waals surface area contributed by atoms with Gasteiger partial charge >= 0.3 is 12.1 Å². The fraction of sp³-hybridized carbons (Fsp3) is 0.174. The van der Waals surface area contributed by atoms with Crippen LogP contribution in [0.5, 0.6) is 0 Å². The highest BCUT2D eigenvalue weighted by atomic mass is 32.2. The van der Waals surface area contributed by atoms with Gasteiger partial charge in [0.2, 0.25) is 16.0 Å². The number of hydrogen-bond donors (Lipinski definition) is 5. The summed E-state index contributed by atoms with van der Waals surface area (Å²) in [5.74, 6) is -2.76. The van der Waals surface area contributed by atoms with E-state index in [1.165, 1.54) is 26.2 Å². The zero-order valence-corrected chi connectivity index (χ0v) is 20.8. The minimum absolute atomic E-state index is 0.0000156. The lowest BCUT2D eigenvalue weighted by Gasteiger charge is -2.12. The number of alkyl halides is 3. The van der Waals surface area contributed by atoms with Gasteiger partial charge < -0.3 is 21.6 Å². The van der Waals surface area contributed by atoms with E-state index in [-0.39, 0.29) is 16.4 Å². The Labute approximate surface area is 214 Å². The molecule has 2 aromatic heterocycles. The van der Waals surface area contributed by atoms with Crippen molar-refractivity contribution in [3.05, 3.63) is 64.4 Å². The lowest BCUT2D eigenvalue weighted by molar-refractivity contribution is -0.192. The fourth-order valence-electron chi connectivity index (χ4n) is 3.48. The predicted molar refractivity (Wildman–Crippen MR) is 134 cm³/mol. The average molecular weight is 553 g/mol. The lowest BCUT2D eigenvalue weighted by Crippen LogP contribution is -2.22. The SMILES string of the molecule is CN(C)S(=O)(=O)c1ccc(-c2[nH]c3nc(N)[nH]c(=O)c3c2-c2cccc(CN)c2)cc1.O=C(O)C(F)(F)F. The second kappa shape index (κ2) is 10.6. The van der Waals surface area contributed by atoms with Gasteiger partial charge in [-0.1, -0.05) is 30.3 Å². The maximum Gasteiger partial charge on any atom is 0.490 e. The van der Waals surface area contributed by atoms with Crippen molar-refractivity contribution in [1.82, 2.24) is 19.3 Å². The summed E-state index contributed by atoms with van der Waals surface area (Å²) < 4.78 is 57.7. The van der Waals surface area contributed by atoms with E-state index < -0.39 is 22.2 Å². The highest BCUT2D eigenvalue weighted by Crippen LogP contribution is 2.37. The van der Waals surface area contributed by atoms with Crippen molar-refractivity contribution in [3.63, 3.8) is 0 Å². The molecule has 0 aliphatic heterocycles. The van der Waals surface area contributed by atoms with Crippen LogP contribution in [-0.2, 0) is 21.4 Å². The Hall–Kier alpha value is -4.21. The first-order valence-electron chi connectivity index (χ1n) is 10.7. The molecular formula is C23H23F3N6O5S. The molecule has 202 valence electrons. The van der Waals surface area contributed by atoms with Gasteiger partial charge in [-0.2, -0.15) is 18.2 Å². The Morgan fingerprint density at radius 2 is 1.68 bits per heavy atom. The summed E-state index contributed by atoms with van der Waals surface area (Å²) in [6.45, 7) is 0.351. The van der Waals surface area contributed by atoms with Crippen molar-refractivity contribution < 1.29 is 31.5 Å². The van der Waals surface area contributed by atoms with E-state index >= 15 is 0 Å². The molecule has 15 heteroatoms. The van der Waals surface area contributed by atoms with Crippen LogP contribution in [0.25, 0.3) is 33.4 Å². The van der Waals surface area contributed by atoms with Crippen molar-refractivity contribution >= 4 is 33.0 Å². The molecule has 2 heterocycles. The molecule has 0 saturated carbocycles. The number of carboxylic acid groups (broad SMARTS) is 1. The number of fused-ring (bicyclic) bond motifs is 1. The largest absolute Gasteiger partial charge is 0.490 e. The number of nitrogens with zero attached hydrogens (tertiary/aromatic N) is 2. The molecule has 0 aliphatic rings. The Morgan fingerprint density at radius 1 is 1.08 bits per heavy atom. The summed E-state index contributed by atoms with van der Waals surface area (Å²) in [6, 6.07) is 14.0. The maximum atomic E-state index is 12.7. The van der Waals surface area contributed by atoms with Crippen molar-refractivity contribution in [2.24, 2.45) is 5.73 Å². The zero-order valence-electron chi connectivity index (χ0n) is 20.0. The molecule has 0 atom stereocenters. The van der Waals surface area contributed by atoms with Crippen LogP contribution in [0, 0.1) is 0 Å². The molecular weight excluding hydrogens is 529 g/mol. The molecule has 0 saturated heterocycles. The minimum Gasteiger partial charge on any atom is -0.475 e. The van der Waals surface area contributed by atoms with Gasteiger partial charge in [0.15, 0.2) is 0 Å². The number of aliphatic carboxylic acids is 1. The van der Waals surface area contributed by atoms with Crippen molar-refractivity contribution in [3.8, 4) is 22.4 Å². The topological polar surface area (TPSA) is 188 Å². The first-order chi connectivity index (χ1) is 17.7. The number of H-pyrrole nitrogens is 2. The monoisotopic (exact) mass is 552 g/mol. The second-order valence-corrected chi connectivity index (χ2v) is 10.2. The number of aromatic amines is 2. The number of hydrogen-bond acceptors (Lipinski definition) is 7. The standard InChI is InChI=1S/C21H22N6O3S.C2HF3O2/c1-27(2)31(29,30)15-8-6-13(7-9-15)18-16(14-5-3-4-12(10-14)11-22)17-19(24-18)25-21(23)26-20(17)28;3-2(4,5)1(6)7/h3-10H,11,22H2,1-2H3,(H4,23,24,25,26,28);(H,6,7). The van der Waals surface area contributed by atoms with Crippen LogP contribution in [0.15, 0.2) is 58.2 Å². The van der Waals surface area contributed by atoms with E-state index in [1.54, 1.807) is 12.1 Å². The summed E-state index contributed by atoms with van der Waals surface area (Å²) in [6.07, 6.45) is -5.08. The smallest absolute Gasteiger partial charge is 0.475 e. The van der Waals surface area contributed by atoms with Gasteiger partial charge in [-0.15, -0.1) is 0 Å². The van der Waals surface area contributed by atoms with E-state index in [4.69, 9.17) is 21.4 Å². The number of halogens is 3. The average Bonchev–Trinajstić information content (AvgIpc) is 3.23. The molecule has 11 nitrogen and oxygen atoms in total. The van der Waals surface area contributed by atoms with Crippen LogP contribution < -0.4 is 17.0 Å². The number of rotatable bonds is 5. The molecule has 0 amide bonds. The van der Waals surface area contributed by atoms with E-state index in [0.29, 0.717) is 34.4 Å². The Kier molecular flexibility index (Phi) is 7.95. The van der Waals surface area contributed by atoms with Crippen molar-refractivity contribution in [2.45, 2.75) is 17.6 Å². The van der Waals surface area contributed by atoms with E-state index in [1.807, 2.05) is 24.3 Å². The first-order valence-corrected chi connectivity index (χ1v) is 12.1. The number of nitrogens with one attached hydrogen (secondary N) is 2. The molecule has 2 aromatic carbocycles. The van der Waals surface area contributed by atoms with Crippen molar-refractivity contribution in [1.29, 1.82) is 0 Å². The Bertz CT molecular complexity index is 1650. The minimum atomic E-state index is -5.08. The summed E-state index contributed by atoms with van der Waals surface area (Å²) in [4.78, 5) is 31.8. The summed E-state index contributed by atoms with van der Waals surface area (Å²) in [5.41, 5.74) is 15.2. The number of nitrogen functional groups attached to an aromatic ring is 1. The maximum absolute atomic E-state index is 12.7. The van der Waals surface area contributed by atoms with Crippen molar-refractivity contribution in [2.75, 3.05) is 19.8 Å². The van der Waals surface area contributed by atoms with Gasteiger partial charge in [0.05, 0.1) is 16.0 Å². The number of benzene rings is 2. The van der Waals surface area contributed by atoms with Gasteiger partial charge in [-0.3, -0.25) is 9.78 Å². The predicted octanol–water partition coefficient (Wildman–Crippen LogP) is 2.51. The molecule has 38 heavy (non-hydrogen) atoms. The number of anilines is 1. The Morgan fingerprint density at radius 3 is 2.21 bits per heavy atom. The van der Waals surface area contributed by atoms with Gasteiger partial charge in [0.25, 0.3) is 5.56 Å². The molecule has 7 N–H and O–H groups in total. The fourth-order valence-corrected chi connectivity index (χ4v) is 4.38. The third kappa shape index (κ3) is 5.85. The highest BCUT2D eigenvalue weighted by molar-refractivity contribution is 7.89. The van der Waals surface area contributed by atoms with Gasteiger partial charge in [-0.05, 0) is 34.9 Å². The van der Waals surface area contributed by atoms with Gasteiger partial charge in [0, 0.05) is 26.2 Å². The quantitative estimate of drug-likeness (QED) is 0.250. The molecule has 0 fully saturated rings. The molecule has 4 rings (SSSR count). The van der Waals surface area contributed by atoms with Crippen LogP contribution in [0.4, 0.5) is 19.1 Å². The summed E-state index contributed by atoms with van der Waals surface area (Å²) in [7, 11) is -0.603. The second-order valence-electron chi connectivity index (χ2n) is 8.07. The zero-order chi connectivity index (χ0) is 28.4. The normalized spacial score (nSPS) is 11.9. The van der Waals surface area contributed by atoms with Crippen LogP contribution in [0.1, 0.15) is 5.56 Å². The first kappa shape index (κ1) is 28.4. The molecule has 0 radical (unpaired) electrons. The number of sulfonamides is 1. The number of carbonyl (C=O) groups is 1. The molecule has 0 bridgehead atoms. The summed E-state index contributed by atoms with van der Waals surface area (Å²) >= 11 is 0. The Balaban J connectivity index is 0.000000505. The lowest BCUT2D eigenvalue weighted by atomic mass is 9.98. The van der Waals surface area contributed by atoms with E-state index in [2.05, 4.69) is 15.0 Å². The van der Waals surface area contributed by atoms with E-state index in [9.17, 15) is 26.4 Å². The number of nitrogens with two attached hydrogens (primary N) is 2. The highest BCUT2D eigenvalue weighted by Gasteiger charge is 2.38. The number of carboxylic acids is 1. The molecule has 0 spiro atoms. The third-order valence-corrected chi connectivity index (χ3v) is 7.13. The third-order valence-electron chi connectivity index (χ3n) is 5.30. The molecule has 0 unspecified atom stereocenters. The van der Waals surface area contributed by atoms with Crippen LogP contribution >= 0.6 is 0 Å².